The Morgan fingerprint density at radius 3 is 2.50 bits per heavy atom. The third-order valence-corrected chi connectivity index (χ3v) is 6.37. The minimum atomic E-state index is -0.658. The number of hydrogen-bond acceptors (Lipinski definition) is 4. The third kappa shape index (κ3) is 3.48. The Labute approximate surface area is 165 Å². The summed E-state index contributed by atoms with van der Waals surface area (Å²) in [6.07, 6.45) is 5.84. The van der Waals surface area contributed by atoms with Crippen LogP contribution in [0, 0.1) is 5.92 Å². The van der Waals surface area contributed by atoms with Crippen LogP contribution >= 0.6 is 0 Å². The second-order valence-corrected chi connectivity index (χ2v) is 8.16. The van der Waals surface area contributed by atoms with Crippen LogP contribution in [-0.4, -0.2) is 66.5 Å². The highest BCUT2D eigenvalue weighted by Gasteiger charge is 2.50. The second-order valence-electron chi connectivity index (χ2n) is 8.16. The summed E-state index contributed by atoms with van der Waals surface area (Å²) in [4.78, 5) is 47.0. The highest BCUT2D eigenvalue weighted by atomic mass is 16.2. The molecule has 1 saturated carbocycles. The number of aromatic amines is 1. The largest absolute Gasteiger partial charge is 0.338 e. The number of H-pyrrole nitrogens is 1. The lowest BCUT2D eigenvalue weighted by atomic mass is 9.85. The first-order chi connectivity index (χ1) is 13.6. The Morgan fingerprint density at radius 2 is 1.82 bits per heavy atom. The number of urea groups is 1. The lowest BCUT2D eigenvalue weighted by molar-refractivity contribution is -0.908. The molecule has 1 aromatic rings. The van der Waals surface area contributed by atoms with Gasteiger partial charge in [-0.05, 0) is 24.8 Å². The Hall–Kier alpha value is -2.48. The van der Waals surface area contributed by atoms with Crippen molar-refractivity contribution >= 4 is 23.7 Å². The summed E-state index contributed by atoms with van der Waals surface area (Å²) < 4.78 is 0. The van der Waals surface area contributed by atoms with Gasteiger partial charge in [-0.15, -0.1) is 0 Å². The molecule has 8 heteroatoms. The van der Waals surface area contributed by atoms with Crippen molar-refractivity contribution in [3.8, 4) is 0 Å². The lowest BCUT2D eigenvalue weighted by Crippen LogP contribution is -3.16. The Morgan fingerprint density at radius 1 is 1.07 bits per heavy atom. The van der Waals surface area contributed by atoms with Crippen molar-refractivity contribution in [3.05, 3.63) is 24.4 Å². The summed E-state index contributed by atoms with van der Waals surface area (Å²) in [5, 5.41) is 0. The van der Waals surface area contributed by atoms with Gasteiger partial charge in [0.25, 0.3) is 5.82 Å². The molecular formula is C20H29N5O3+2. The van der Waals surface area contributed by atoms with Crippen LogP contribution in [0.25, 0.3) is 0 Å². The number of rotatable bonds is 4. The van der Waals surface area contributed by atoms with Crippen molar-refractivity contribution in [1.82, 2.24) is 9.80 Å². The number of carbonyl (C=O) groups is 3. The number of pyridine rings is 1. The number of hydrogen-bond donors (Lipinski definition) is 1. The first kappa shape index (κ1) is 18.9. The van der Waals surface area contributed by atoms with Gasteiger partial charge in [0.15, 0.2) is 6.67 Å². The van der Waals surface area contributed by atoms with Crippen molar-refractivity contribution in [2.24, 2.45) is 5.92 Å². The predicted molar refractivity (Wildman–Crippen MR) is 101 cm³/mol. The average molecular weight is 387 g/mol. The van der Waals surface area contributed by atoms with Crippen molar-refractivity contribution in [2.75, 3.05) is 37.7 Å². The fraction of sp³-hybridized carbons (Fsp3) is 0.600. The zero-order valence-electron chi connectivity index (χ0n) is 16.4. The molecule has 1 aromatic heterocycles. The van der Waals surface area contributed by atoms with Gasteiger partial charge in [-0.1, -0.05) is 25.8 Å². The van der Waals surface area contributed by atoms with E-state index in [-0.39, 0.29) is 18.6 Å². The topological polar surface area (TPSA) is 79.5 Å². The van der Waals surface area contributed by atoms with E-state index in [4.69, 9.17) is 0 Å². The fourth-order valence-corrected chi connectivity index (χ4v) is 4.66. The highest BCUT2D eigenvalue weighted by molar-refractivity contribution is 6.44. The van der Waals surface area contributed by atoms with Crippen LogP contribution in [-0.2, 0) is 9.59 Å². The number of amides is 4. The normalized spacial score (nSPS) is 27.0. The molecule has 3 heterocycles. The van der Waals surface area contributed by atoms with Crippen LogP contribution < -0.4 is 14.8 Å². The molecule has 2 atom stereocenters. The Bertz CT molecular complexity index is 747. The van der Waals surface area contributed by atoms with Gasteiger partial charge >= 0.3 is 17.8 Å². The van der Waals surface area contributed by atoms with Crippen molar-refractivity contribution in [1.29, 1.82) is 0 Å². The number of quaternary nitrogens is 1. The summed E-state index contributed by atoms with van der Waals surface area (Å²) >= 11 is 0. The molecule has 3 aliphatic rings. The third-order valence-electron chi connectivity index (χ3n) is 6.37. The molecule has 0 aromatic carbocycles. The molecule has 0 radical (unpaired) electrons. The number of aromatic nitrogens is 1. The zero-order valence-corrected chi connectivity index (χ0v) is 16.4. The number of nitrogens with one attached hydrogen (secondary N) is 2. The standard InChI is InChI=1S/C20H27N5O3/c1-15-6-2-3-7-16(15)25-19(27)18(26)24(20(25)28)14-22-10-12-23(13-11-22)17-8-4-5-9-21-17/h4-5,8-9,15-16H,2-3,6-7,10-14H2,1H3/p+2/t15-,16+/m0/s1. The summed E-state index contributed by atoms with van der Waals surface area (Å²) in [5.74, 6) is 0.0321. The quantitative estimate of drug-likeness (QED) is 0.560. The predicted octanol–water partition coefficient (Wildman–Crippen LogP) is -0.467. The number of imide groups is 2. The summed E-state index contributed by atoms with van der Waals surface area (Å²) in [6, 6.07) is 5.44. The van der Waals surface area contributed by atoms with Gasteiger partial charge in [0.2, 0.25) is 0 Å². The lowest BCUT2D eigenvalue weighted by Gasteiger charge is -2.34. The number of piperazine rings is 1. The van der Waals surface area contributed by atoms with Crippen LogP contribution in [0.5, 0.6) is 0 Å². The molecule has 0 spiro atoms. The molecule has 2 aliphatic heterocycles. The molecular weight excluding hydrogens is 358 g/mol. The van der Waals surface area contributed by atoms with E-state index in [1.54, 1.807) is 0 Å². The highest BCUT2D eigenvalue weighted by Crippen LogP contribution is 2.30. The van der Waals surface area contributed by atoms with Gasteiger partial charge in [-0.3, -0.25) is 19.4 Å². The van der Waals surface area contributed by atoms with Crippen LogP contribution in [0.15, 0.2) is 24.4 Å². The van der Waals surface area contributed by atoms with E-state index in [0.717, 1.165) is 62.6 Å². The van der Waals surface area contributed by atoms with E-state index < -0.39 is 17.8 Å². The molecule has 4 amide bonds. The Balaban J connectivity index is 1.38. The molecule has 8 nitrogen and oxygen atoms in total. The van der Waals surface area contributed by atoms with Gasteiger partial charge in [0.1, 0.15) is 26.2 Å². The molecule has 4 rings (SSSR count). The van der Waals surface area contributed by atoms with Crippen LogP contribution in [0.1, 0.15) is 32.6 Å². The van der Waals surface area contributed by atoms with Crippen molar-refractivity contribution in [3.63, 3.8) is 0 Å². The number of nitrogens with zero attached hydrogens (tertiary/aromatic N) is 3. The molecule has 150 valence electrons. The summed E-state index contributed by atoms with van der Waals surface area (Å²) in [5.41, 5.74) is 0. The first-order valence-electron chi connectivity index (χ1n) is 10.3. The van der Waals surface area contributed by atoms with E-state index in [1.165, 1.54) is 9.80 Å². The minimum absolute atomic E-state index is 0.136. The maximum atomic E-state index is 12.9. The molecule has 3 fully saturated rings. The van der Waals surface area contributed by atoms with E-state index in [2.05, 4.69) is 16.8 Å². The number of carbonyl (C=O) groups excluding carboxylic acids is 3. The monoisotopic (exact) mass is 387 g/mol. The smallest absolute Gasteiger partial charge is 0.311 e. The maximum absolute atomic E-state index is 12.9. The van der Waals surface area contributed by atoms with Gasteiger partial charge in [-0.25, -0.2) is 14.7 Å². The van der Waals surface area contributed by atoms with E-state index in [0.29, 0.717) is 0 Å². The Kier molecular flexibility index (Phi) is 5.30. The molecule has 0 unspecified atom stereocenters. The van der Waals surface area contributed by atoms with Crippen LogP contribution in [0.2, 0.25) is 0 Å². The van der Waals surface area contributed by atoms with Gasteiger partial charge in [0, 0.05) is 12.1 Å². The van der Waals surface area contributed by atoms with Gasteiger partial charge in [0.05, 0.1) is 6.20 Å². The molecule has 2 saturated heterocycles. The SMILES string of the molecule is C[C@H]1CCCC[C@H]1N1C(=O)C(=O)N(C[NH+]2CCN(c3cccc[nH+]3)CC2)C1=O. The van der Waals surface area contributed by atoms with Crippen LogP contribution in [0.3, 0.4) is 0 Å². The maximum Gasteiger partial charge on any atom is 0.338 e. The van der Waals surface area contributed by atoms with E-state index in [1.807, 2.05) is 24.4 Å². The first-order valence-corrected chi connectivity index (χ1v) is 10.3. The van der Waals surface area contributed by atoms with E-state index in [9.17, 15) is 14.4 Å². The molecule has 2 N–H and O–H groups in total. The zero-order chi connectivity index (χ0) is 19.7. The van der Waals surface area contributed by atoms with Gasteiger partial charge in [-0.2, -0.15) is 0 Å². The second kappa shape index (κ2) is 7.87. The average Bonchev–Trinajstić information content (AvgIpc) is 2.93. The van der Waals surface area contributed by atoms with Gasteiger partial charge < -0.3 is 4.90 Å². The van der Waals surface area contributed by atoms with Crippen molar-refractivity contribution < 1.29 is 24.3 Å². The summed E-state index contributed by atoms with van der Waals surface area (Å²) in [6.45, 7) is 5.64. The molecule has 28 heavy (non-hydrogen) atoms. The van der Waals surface area contributed by atoms with Crippen molar-refractivity contribution in [2.45, 2.75) is 38.6 Å². The number of anilines is 1. The van der Waals surface area contributed by atoms with Crippen LogP contribution in [0.4, 0.5) is 10.6 Å². The summed E-state index contributed by atoms with van der Waals surface area (Å²) in [7, 11) is 0. The molecule has 1 aliphatic carbocycles. The van der Waals surface area contributed by atoms with E-state index >= 15 is 0 Å². The fourth-order valence-electron chi connectivity index (χ4n) is 4.66. The minimum Gasteiger partial charge on any atom is -0.311 e. The molecule has 0 bridgehead atoms.